The van der Waals surface area contributed by atoms with Crippen molar-refractivity contribution in [3.05, 3.63) is 34.0 Å². The molecule has 0 rings (SSSR count). The topological polar surface area (TPSA) is 69.4 Å². The van der Waals surface area contributed by atoms with Crippen LogP contribution < -0.4 is 0 Å². The minimum Gasteiger partial charge on any atom is -0.466 e. The minimum absolute atomic E-state index is 0.121. The van der Waals surface area contributed by atoms with E-state index >= 15 is 0 Å². The monoisotopic (exact) mass is 353 g/mol. The summed E-state index contributed by atoms with van der Waals surface area (Å²) in [5.74, 6) is -0.121. The van der Waals surface area contributed by atoms with Crippen LogP contribution in [0, 0.1) is 10.1 Å². The zero-order chi connectivity index (χ0) is 18.8. The number of carbonyl (C=O) groups is 1. The first-order chi connectivity index (χ1) is 12.1. The molecule has 0 aliphatic rings. The first-order valence-corrected chi connectivity index (χ1v) is 9.75. The lowest BCUT2D eigenvalue weighted by molar-refractivity contribution is -0.427. The molecule has 0 radical (unpaired) electrons. The summed E-state index contributed by atoms with van der Waals surface area (Å²) in [7, 11) is 0. The van der Waals surface area contributed by atoms with Crippen molar-refractivity contribution in [1.29, 1.82) is 0 Å². The van der Waals surface area contributed by atoms with Crippen molar-refractivity contribution >= 4 is 5.97 Å². The molecule has 0 fully saturated rings. The van der Waals surface area contributed by atoms with E-state index in [4.69, 9.17) is 4.74 Å². The van der Waals surface area contributed by atoms with Gasteiger partial charge in [-0.3, -0.25) is 14.9 Å². The SMILES string of the molecule is CCCCC/C=C\C/C(=C\CCCCCCCC(=O)OCC)[N+](=O)[O-]. The van der Waals surface area contributed by atoms with E-state index in [1.165, 1.54) is 12.8 Å². The molecule has 144 valence electrons. The molecule has 0 N–H and O–H groups in total. The fourth-order valence-corrected chi connectivity index (χ4v) is 2.51. The third kappa shape index (κ3) is 15.6. The maximum absolute atomic E-state index is 11.2. The molecule has 25 heavy (non-hydrogen) atoms. The number of rotatable bonds is 16. The van der Waals surface area contributed by atoms with Gasteiger partial charge in [-0.2, -0.15) is 0 Å². The molecule has 0 saturated carbocycles. The minimum atomic E-state index is -0.268. The number of hydrogen-bond acceptors (Lipinski definition) is 4. The molecular formula is C20H35NO4. The number of carbonyl (C=O) groups excluding carboxylic acids is 1. The van der Waals surface area contributed by atoms with Gasteiger partial charge >= 0.3 is 5.97 Å². The molecule has 5 heteroatoms. The average molecular weight is 354 g/mol. The van der Waals surface area contributed by atoms with Gasteiger partial charge in [-0.05, 0) is 45.1 Å². The van der Waals surface area contributed by atoms with E-state index in [0.29, 0.717) is 25.1 Å². The van der Waals surface area contributed by atoms with Crippen LogP contribution in [0.15, 0.2) is 23.9 Å². The Balaban J connectivity index is 3.79. The van der Waals surface area contributed by atoms with Gasteiger partial charge in [0.05, 0.1) is 18.0 Å². The number of unbranched alkanes of at least 4 members (excludes halogenated alkanes) is 8. The molecule has 0 atom stereocenters. The van der Waals surface area contributed by atoms with Crippen LogP contribution in [0.2, 0.25) is 0 Å². The maximum atomic E-state index is 11.2. The lowest BCUT2D eigenvalue weighted by Crippen LogP contribution is -2.03. The Kier molecular flexibility index (Phi) is 16.0. The average Bonchev–Trinajstić information content (AvgIpc) is 2.58. The summed E-state index contributed by atoms with van der Waals surface area (Å²) in [4.78, 5) is 22.0. The molecule has 0 aliphatic heterocycles. The highest BCUT2D eigenvalue weighted by molar-refractivity contribution is 5.69. The van der Waals surface area contributed by atoms with Crippen molar-refractivity contribution < 1.29 is 14.5 Å². The van der Waals surface area contributed by atoms with E-state index in [9.17, 15) is 14.9 Å². The second-order valence-electron chi connectivity index (χ2n) is 6.24. The van der Waals surface area contributed by atoms with E-state index in [1.54, 1.807) is 6.08 Å². The van der Waals surface area contributed by atoms with Crippen LogP contribution in [0.25, 0.3) is 0 Å². The van der Waals surface area contributed by atoms with Gasteiger partial charge in [-0.1, -0.05) is 51.2 Å². The second-order valence-corrected chi connectivity index (χ2v) is 6.24. The smallest absolute Gasteiger partial charge is 0.305 e. The molecule has 0 amide bonds. The van der Waals surface area contributed by atoms with E-state index in [2.05, 4.69) is 13.0 Å². The van der Waals surface area contributed by atoms with Crippen LogP contribution in [0.3, 0.4) is 0 Å². The van der Waals surface area contributed by atoms with Crippen molar-refractivity contribution in [1.82, 2.24) is 0 Å². The van der Waals surface area contributed by atoms with Gasteiger partial charge in [0.25, 0.3) is 0 Å². The van der Waals surface area contributed by atoms with Crippen LogP contribution in [0.4, 0.5) is 0 Å². The zero-order valence-corrected chi connectivity index (χ0v) is 16.0. The second kappa shape index (κ2) is 17.2. The van der Waals surface area contributed by atoms with E-state index in [1.807, 2.05) is 13.0 Å². The van der Waals surface area contributed by atoms with Gasteiger partial charge in [-0.25, -0.2) is 0 Å². The first-order valence-electron chi connectivity index (χ1n) is 9.75. The molecular weight excluding hydrogens is 318 g/mol. The molecule has 0 heterocycles. The number of ether oxygens (including phenoxy) is 1. The quantitative estimate of drug-likeness (QED) is 0.113. The third-order valence-electron chi connectivity index (χ3n) is 3.97. The highest BCUT2D eigenvalue weighted by atomic mass is 16.6. The summed E-state index contributed by atoms with van der Waals surface area (Å²) in [5, 5.41) is 11.0. The Morgan fingerprint density at radius 3 is 2.32 bits per heavy atom. The number of hydrogen-bond donors (Lipinski definition) is 0. The fourth-order valence-electron chi connectivity index (χ4n) is 2.51. The number of allylic oxidation sites excluding steroid dienone is 3. The third-order valence-corrected chi connectivity index (χ3v) is 3.97. The Bertz CT molecular complexity index is 416. The van der Waals surface area contributed by atoms with Gasteiger partial charge in [0.15, 0.2) is 0 Å². The molecule has 0 saturated heterocycles. The molecule has 0 aromatic carbocycles. The van der Waals surface area contributed by atoms with Gasteiger partial charge in [-0.15, -0.1) is 0 Å². The number of nitro groups is 1. The predicted octanol–water partition coefficient (Wildman–Crippen LogP) is 5.97. The Morgan fingerprint density at radius 2 is 1.64 bits per heavy atom. The van der Waals surface area contributed by atoms with E-state index in [-0.39, 0.29) is 10.9 Å². The summed E-state index contributed by atoms with van der Waals surface area (Å²) < 4.78 is 4.88. The van der Waals surface area contributed by atoms with Gasteiger partial charge in [0.1, 0.15) is 0 Å². The van der Waals surface area contributed by atoms with Crippen LogP contribution in [-0.2, 0) is 9.53 Å². The summed E-state index contributed by atoms with van der Waals surface area (Å²) in [6.45, 7) is 4.42. The van der Waals surface area contributed by atoms with Crippen molar-refractivity contribution in [2.45, 2.75) is 90.9 Å². The Morgan fingerprint density at radius 1 is 0.960 bits per heavy atom. The first kappa shape index (κ1) is 23.4. The largest absolute Gasteiger partial charge is 0.466 e. The number of esters is 1. The molecule has 0 unspecified atom stereocenters. The molecule has 0 aromatic heterocycles. The molecule has 0 bridgehead atoms. The summed E-state index contributed by atoms with van der Waals surface area (Å²) in [5.41, 5.74) is 0.300. The zero-order valence-electron chi connectivity index (χ0n) is 16.0. The van der Waals surface area contributed by atoms with E-state index < -0.39 is 0 Å². The number of nitrogens with zero attached hydrogens (tertiary/aromatic N) is 1. The predicted molar refractivity (Wildman–Crippen MR) is 102 cm³/mol. The van der Waals surface area contributed by atoms with Crippen LogP contribution in [0.5, 0.6) is 0 Å². The standard InChI is InChI=1S/C20H35NO4/c1-3-5-6-7-10-13-16-19(21(23)24)17-14-11-8-9-12-15-18-20(22)25-4-2/h10,13,17H,3-9,11-12,14-16,18H2,1-2H3/b13-10-,19-17+. The Hall–Kier alpha value is -1.65. The van der Waals surface area contributed by atoms with Crippen molar-refractivity contribution in [2.75, 3.05) is 6.61 Å². The van der Waals surface area contributed by atoms with Crippen LogP contribution in [0.1, 0.15) is 90.9 Å². The molecule has 0 aliphatic carbocycles. The molecule has 0 spiro atoms. The van der Waals surface area contributed by atoms with Crippen molar-refractivity contribution in [2.24, 2.45) is 0 Å². The van der Waals surface area contributed by atoms with Gasteiger partial charge < -0.3 is 4.74 Å². The summed E-state index contributed by atoms with van der Waals surface area (Å²) in [6, 6.07) is 0. The summed E-state index contributed by atoms with van der Waals surface area (Å²) in [6.07, 6.45) is 16.9. The van der Waals surface area contributed by atoms with Crippen LogP contribution >= 0.6 is 0 Å². The lowest BCUT2D eigenvalue weighted by atomic mass is 10.1. The molecule has 0 aromatic rings. The normalized spacial score (nSPS) is 11.8. The highest BCUT2D eigenvalue weighted by Gasteiger charge is 2.07. The van der Waals surface area contributed by atoms with Gasteiger partial charge in [0, 0.05) is 6.42 Å². The fraction of sp³-hybridized carbons (Fsp3) is 0.750. The lowest BCUT2D eigenvalue weighted by Gasteiger charge is -2.02. The Labute approximate surface area is 152 Å². The van der Waals surface area contributed by atoms with Crippen molar-refractivity contribution in [3.63, 3.8) is 0 Å². The van der Waals surface area contributed by atoms with E-state index in [0.717, 1.165) is 51.4 Å². The maximum Gasteiger partial charge on any atom is 0.305 e. The van der Waals surface area contributed by atoms with Gasteiger partial charge in [0.2, 0.25) is 5.70 Å². The molecule has 5 nitrogen and oxygen atoms in total. The van der Waals surface area contributed by atoms with Crippen LogP contribution in [-0.4, -0.2) is 17.5 Å². The highest BCUT2D eigenvalue weighted by Crippen LogP contribution is 2.12. The summed E-state index contributed by atoms with van der Waals surface area (Å²) >= 11 is 0. The van der Waals surface area contributed by atoms with Crippen molar-refractivity contribution in [3.8, 4) is 0 Å².